The van der Waals surface area contributed by atoms with Crippen LogP contribution in [0.3, 0.4) is 0 Å². The molecule has 8 heteroatoms. The van der Waals surface area contributed by atoms with Crippen molar-refractivity contribution in [2.45, 2.75) is 18.7 Å². The molecule has 4 nitrogen and oxygen atoms in total. The summed E-state index contributed by atoms with van der Waals surface area (Å²) in [5.74, 6) is 0.292. The Kier molecular flexibility index (Phi) is 5.36. The zero-order chi connectivity index (χ0) is 20.4. The highest BCUT2D eigenvalue weighted by Gasteiger charge is 2.32. The Bertz CT molecular complexity index is 938. The van der Waals surface area contributed by atoms with Gasteiger partial charge in [-0.05, 0) is 42.2 Å². The molecular formula is C21H19F4N3O. The van der Waals surface area contributed by atoms with Crippen molar-refractivity contribution in [1.29, 1.82) is 0 Å². The van der Waals surface area contributed by atoms with Gasteiger partial charge in [0.1, 0.15) is 11.6 Å². The van der Waals surface area contributed by atoms with E-state index in [0.717, 1.165) is 30.8 Å². The molecule has 0 bridgehead atoms. The topological polar surface area (TPSA) is 46.0 Å². The summed E-state index contributed by atoms with van der Waals surface area (Å²) >= 11 is 0. The van der Waals surface area contributed by atoms with Crippen LogP contribution in [0.5, 0.6) is 5.75 Å². The second-order valence-corrected chi connectivity index (χ2v) is 7.16. The van der Waals surface area contributed by atoms with Crippen LogP contribution in [-0.4, -0.2) is 37.5 Å². The fourth-order valence-electron chi connectivity index (χ4n) is 3.76. The van der Waals surface area contributed by atoms with Crippen LogP contribution in [0.25, 0.3) is 0 Å². The lowest BCUT2D eigenvalue weighted by molar-refractivity contribution is -0.274. The van der Waals surface area contributed by atoms with Gasteiger partial charge in [-0.2, -0.15) is 0 Å². The first-order valence-corrected chi connectivity index (χ1v) is 9.31. The Balaban J connectivity index is 1.43. The Morgan fingerprint density at radius 3 is 2.48 bits per heavy atom. The summed E-state index contributed by atoms with van der Waals surface area (Å²) in [4.78, 5) is 9.06. The lowest BCUT2D eigenvalue weighted by Gasteiger charge is -2.30. The predicted octanol–water partition coefficient (Wildman–Crippen LogP) is 4.32. The third kappa shape index (κ3) is 4.82. The van der Waals surface area contributed by atoms with Crippen LogP contribution in [0.1, 0.15) is 23.5 Å². The highest BCUT2D eigenvalue weighted by molar-refractivity contribution is 6.12. The molecule has 2 aromatic rings. The minimum absolute atomic E-state index is 0.148. The van der Waals surface area contributed by atoms with E-state index in [1.165, 1.54) is 24.3 Å². The molecule has 152 valence electrons. The summed E-state index contributed by atoms with van der Waals surface area (Å²) in [7, 11) is 0. The summed E-state index contributed by atoms with van der Waals surface area (Å²) in [6.07, 6.45) is -3.88. The maximum atomic E-state index is 13.4. The molecular weight excluding hydrogens is 386 g/mol. The van der Waals surface area contributed by atoms with Crippen LogP contribution in [0, 0.1) is 11.7 Å². The molecule has 2 unspecified atom stereocenters. The van der Waals surface area contributed by atoms with Crippen molar-refractivity contribution >= 4 is 11.5 Å². The largest absolute Gasteiger partial charge is 0.573 e. The lowest BCUT2D eigenvalue weighted by Crippen LogP contribution is -2.39. The standard InChI is InChI=1S/C21H19F4N3O/c22-17-3-1-2-14(9-17)20-27-12-19(28-20)16-8-15(10-26-11-16)13-4-6-18(7-5-13)29-21(23,24)25/h1-7,9,15-16,26H,8,10-12H2. The minimum atomic E-state index is -4.70. The van der Waals surface area contributed by atoms with Crippen molar-refractivity contribution in [3.63, 3.8) is 0 Å². The third-order valence-corrected chi connectivity index (χ3v) is 5.13. The summed E-state index contributed by atoms with van der Waals surface area (Å²) in [5.41, 5.74) is 2.54. The number of benzene rings is 2. The number of hydrogen-bond donors (Lipinski definition) is 1. The van der Waals surface area contributed by atoms with Crippen molar-refractivity contribution in [3.05, 3.63) is 65.5 Å². The number of alkyl halides is 3. The summed E-state index contributed by atoms with van der Waals surface area (Å²) in [6.45, 7) is 1.97. The normalized spacial score (nSPS) is 22.2. The van der Waals surface area contributed by atoms with E-state index in [1.807, 2.05) is 0 Å². The molecule has 0 aromatic heterocycles. The van der Waals surface area contributed by atoms with Gasteiger partial charge in [-0.1, -0.05) is 24.3 Å². The molecule has 29 heavy (non-hydrogen) atoms. The van der Waals surface area contributed by atoms with Gasteiger partial charge in [-0.15, -0.1) is 13.2 Å². The first-order valence-electron chi connectivity index (χ1n) is 9.31. The zero-order valence-electron chi connectivity index (χ0n) is 15.4. The fourth-order valence-corrected chi connectivity index (χ4v) is 3.76. The summed E-state index contributed by atoms with van der Waals surface area (Å²) in [6, 6.07) is 12.2. The average Bonchev–Trinajstić information content (AvgIpc) is 3.18. The van der Waals surface area contributed by atoms with Crippen molar-refractivity contribution in [2.75, 3.05) is 19.6 Å². The number of halogens is 4. The fraction of sp³-hybridized carbons (Fsp3) is 0.333. The molecule has 0 saturated carbocycles. The molecule has 0 radical (unpaired) electrons. The van der Waals surface area contributed by atoms with Gasteiger partial charge < -0.3 is 10.1 Å². The van der Waals surface area contributed by atoms with Crippen LogP contribution in [0.15, 0.2) is 58.5 Å². The van der Waals surface area contributed by atoms with Gasteiger partial charge in [-0.3, -0.25) is 4.99 Å². The summed E-state index contributed by atoms with van der Waals surface area (Å²) in [5, 5.41) is 3.37. The number of aliphatic imine (C=N–C) groups is 2. The molecule has 0 amide bonds. The van der Waals surface area contributed by atoms with E-state index in [0.29, 0.717) is 17.9 Å². The zero-order valence-corrected chi connectivity index (χ0v) is 15.4. The van der Waals surface area contributed by atoms with E-state index in [1.54, 1.807) is 24.3 Å². The second kappa shape index (κ2) is 7.94. The summed E-state index contributed by atoms with van der Waals surface area (Å²) < 4.78 is 54.3. The minimum Gasteiger partial charge on any atom is -0.406 e. The maximum absolute atomic E-state index is 13.4. The molecule has 0 spiro atoms. The first-order chi connectivity index (χ1) is 13.9. The van der Waals surface area contributed by atoms with E-state index >= 15 is 0 Å². The van der Waals surface area contributed by atoms with Crippen LogP contribution < -0.4 is 10.1 Å². The number of nitrogens with one attached hydrogen (secondary N) is 1. The number of ether oxygens (including phenoxy) is 1. The molecule has 2 atom stereocenters. The monoisotopic (exact) mass is 405 g/mol. The van der Waals surface area contributed by atoms with Gasteiger partial charge in [0.05, 0.1) is 6.54 Å². The lowest BCUT2D eigenvalue weighted by atomic mass is 9.83. The molecule has 2 heterocycles. The Hall–Kier alpha value is -2.74. The first kappa shape index (κ1) is 19.6. The van der Waals surface area contributed by atoms with Crippen molar-refractivity contribution in [2.24, 2.45) is 15.9 Å². The molecule has 1 fully saturated rings. The van der Waals surface area contributed by atoms with Crippen molar-refractivity contribution < 1.29 is 22.3 Å². The Morgan fingerprint density at radius 2 is 1.76 bits per heavy atom. The van der Waals surface area contributed by atoms with Gasteiger partial charge in [0.25, 0.3) is 0 Å². The molecule has 4 rings (SSSR count). The molecule has 2 aliphatic rings. The quantitative estimate of drug-likeness (QED) is 0.771. The number of rotatable bonds is 4. The van der Waals surface area contributed by atoms with Gasteiger partial charge in [-0.25, -0.2) is 9.38 Å². The van der Waals surface area contributed by atoms with Gasteiger partial charge in [0, 0.05) is 30.3 Å². The van der Waals surface area contributed by atoms with Crippen molar-refractivity contribution in [3.8, 4) is 5.75 Å². The highest BCUT2D eigenvalue weighted by Crippen LogP contribution is 2.31. The number of amidine groups is 1. The molecule has 2 aliphatic heterocycles. The smallest absolute Gasteiger partial charge is 0.406 e. The predicted molar refractivity (Wildman–Crippen MR) is 102 cm³/mol. The molecule has 0 aliphatic carbocycles. The van der Waals surface area contributed by atoms with E-state index < -0.39 is 6.36 Å². The van der Waals surface area contributed by atoms with Gasteiger partial charge in [0.2, 0.25) is 0 Å². The van der Waals surface area contributed by atoms with Crippen LogP contribution in [-0.2, 0) is 0 Å². The highest BCUT2D eigenvalue weighted by atomic mass is 19.4. The average molecular weight is 405 g/mol. The van der Waals surface area contributed by atoms with Gasteiger partial charge in [0.15, 0.2) is 5.84 Å². The SMILES string of the molecule is Fc1cccc(C2=NCC(C3CNCC(c4ccc(OC(F)(F)F)cc4)C3)=N2)c1. The maximum Gasteiger partial charge on any atom is 0.573 e. The molecule has 1 N–H and O–H groups in total. The number of piperidine rings is 1. The second-order valence-electron chi connectivity index (χ2n) is 7.16. The van der Waals surface area contributed by atoms with E-state index in [2.05, 4.69) is 20.0 Å². The van der Waals surface area contributed by atoms with Crippen molar-refractivity contribution in [1.82, 2.24) is 5.32 Å². The number of hydrogen-bond acceptors (Lipinski definition) is 4. The molecule has 2 aromatic carbocycles. The van der Waals surface area contributed by atoms with Crippen LogP contribution >= 0.6 is 0 Å². The van der Waals surface area contributed by atoms with E-state index in [4.69, 9.17) is 0 Å². The van der Waals surface area contributed by atoms with Crippen LogP contribution in [0.4, 0.5) is 17.6 Å². The van der Waals surface area contributed by atoms with Gasteiger partial charge >= 0.3 is 6.36 Å². The molecule has 1 saturated heterocycles. The third-order valence-electron chi connectivity index (χ3n) is 5.13. The number of nitrogens with zero attached hydrogens (tertiary/aromatic N) is 2. The Labute approximate surface area is 165 Å². The van der Waals surface area contributed by atoms with E-state index in [9.17, 15) is 17.6 Å². The van der Waals surface area contributed by atoms with Crippen LogP contribution in [0.2, 0.25) is 0 Å². The van der Waals surface area contributed by atoms with E-state index in [-0.39, 0.29) is 23.4 Å². The Morgan fingerprint density at radius 1 is 1.00 bits per heavy atom.